The lowest BCUT2D eigenvalue weighted by atomic mass is 10.0. The fraction of sp³-hybridized carbons (Fsp3) is 0.435. The molecule has 2 N–H and O–H groups in total. The van der Waals surface area contributed by atoms with Gasteiger partial charge in [-0.3, -0.25) is 9.89 Å². The SMILES string of the molecule is CC(OC1OCCN(CC2N=CNN2)C1c1ccc(F)cc1)c1cc(C(F)(F)F)cc(C(F)(F)F)c1. The minimum Gasteiger partial charge on any atom is -0.349 e. The van der Waals surface area contributed by atoms with Gasteiger partial charge in [-0.25, -0.2) is 9.82 Å². The number of morpholine rings is 1. The maximum Gasteiger partial charge on any atom is 0.416 e. The van der Waals surface area contributed by atoms with Crippen LogP contribution in [0.3, 0.4) is 0 Å². The molecule has 1 fully saturated rings. The molecule has 4 rings (SSSR count). The van der Waals surface area contributed by atoms with Gasteiger partial charge in [0.1, 0.15) is 12.0 Å². The van der Waals surface area contributed by atoms with Crippen LogP contribution >= 0.6 is 0 Å². The van der Waals surface area contributed by atoms with Gasteiger partial charge in [0.05, 0.1) is 36.2 Å². The summed E-state index contributed by atoms with van der Waals surface area (Å²) in [6, 6.07) is 6.26. The molecule has 2 aliphatic heterocycles. The Balaban J connectivity index is 1.64. The molecule has 0 aliphatic carbocycles. The monoisotopic (exact) mass is 520 g/mol. The fourth-order valence-corrected chi connectivity index (χ4v) is 4.14. The second-order valence-corrected chi connectivity index (χ2v) is 8.43. The van der Waals surface area contributed by atoms with Crippen molar-refractivity contribution in [2.24, 2.45) is 4.99 Å². The van der Waals surface area contributed by atoms with Crippen LogP contribution in [0.25, 0.3) is 0 Å². The molecule has 2 aromatic rings. The quantitative estimate of drug-likeness (QED) is 0.536. The number of rotatable bonds is 6. The zero-order chi connectivity index (χ0) is 26.1. The van der Waals surface area contributed by atoms with E-state index in [2.05, 4.69) is 15.8 Å². The van der Waals surface area contributed by atoms with Crippen LogP contribution in [-0.4, -0.2) is 43.4 Å². The first-order valence-corrected chi connectivity index (χ1v) is 11.0. The molecule has 0 spiro atoms. The molecule has 36 heavy (non-hydrogen) atoms. The van der Waals surface area contributed by atoms with Gasteiger partial charge in [-0.05, 0) is 48.4 Å². The van der Waals surface area contributed by atoms with Crippen LogP contribution in [0, 0.1) is 5.82 Å². The van der Waals surface area contributed by atoms with Crippen molar-refractivity contribution in [1.29, 1.82) is 0 Å². The predicted molar refractivity (Wildman–Crippen MR) is 115 cm³/mol. The molecule has 2 aliphatic rings. The normalized spacial score (nSPS) is 24.1. The highest BCUT2D eigenvalue weighted by atomic mass is 19.4. The Kier molecular flexibility index (Phi) is 7.55. The predicted octanol–water partition coefficient (Wildman–Crippen LogP) is 4.80. The van der Waals surface area contributed by atoms with Crippen molar-refractivity contribution in [1.82, 2.24) is 15.8 Å². The van der Waals surface area contributed by atoms with Crippen molar-refractivity contribution in [3.63, 3.8) is 0 Å². The van der Waals surface area contributed by atoms with Gasteiger partial charge in [0.15, 0.2) is 6.29 Å². The summed E-state index contributed by atoms with van der Waals surface area (Å²) in [6.45, 7) is 2.36. The van der Waals surface area contributed by atoms with E-state index in [9.17, 15) is 30.7 Å². The highest BCUT2D eigenvalue weighted by molar-refractivity contribution is 5.55. The van der Waals surface area contributed by atoms with E-state index >= 15 is 0 Å². The molecule has 4 unspecified atom stereocenters. The first-order chi connectivity index (χ1) is 16.9. The van der Waals surface area contributed by atoms with Gasteiger partial charge >= 0.3 is 12.4 Å². The average molecular weight is 520 g/mol. The number of benzene rings is 2. The molecule has 0 aromatic heterocycles. The first kappa shape index (κ1) is 26.3. The lowest BCUT2D eigenvalue weighted by Crippen LogP contribution is -2.51. The summed E-state index contributed by atoms with van der Waals surface area (Å²) < 4.78 is 105. The number of nitrogens with one attached hydrogen (secondary N) is 2. The molecule has 13 heteroatoms. The van der Waals surface area contributed by atoms with Crippen molar-refractivity contribution >= 4 is 6.34 Å². The lowest BCUT2D eigenvalue weighted by molar-refractivity contribution is -0.230. The van der Waals surface area contributed by atoms with Gasteiger partial charge < -0.3 is 14.9 Å². The molecular weight excluding hydrogens is 497 g/mol. The Morgan fingerprint density at radius 3 is 2.25 bits per heavy atom. The van der Waals surface area contributed by atoms with Crippen molar-refractivity contribution in [2.45, 2.75) is 43.9 Å². The van der Waals surface area contributed by atoms with E-state index in [0.717, 1.165) is 0 Å². The molecule has 6 nitrogen and oxygen atoms in total. The van der Waals surface area contributed by atoms with Crippen LogP contribution in [0.5, 0.6) is 0 Å². The largest absolute Gasteiger partial charge is 0.416 e. The topological polar surface area (TPSA) is 58.1 Å². The molecule has 0 radical (unpaired) electrons. The lowest BCUT2D eigenvalue weighted by Gasteiger charge is -2.42. The van der Waals surface area contributed by atoms with Gasteiger partial charge in [0, 0.05) is 13.1 Å². The summed E-state index contributed by atoms with van der Waals surface area (Å²) in [5.41, 5.74) is 3.14. The zero-order valence-electron chi connectivity index (χ0n) is 18.9. The first-order valence-electron chi connectivity index (χ1n) is 11.0. The Morgan fingerprint density at radius 2 is 1.69 bits per heavy atom. The van der Waals surface area contributed by atoms with Gasteiger partial charge in [0.25, 0.3) is 0 Å². The summed E-state index contributed by atoms with van der Waals surface area (Å²) in [5.74, 6) is -0.470. The van der Waals surface area contributed by atoms with Gasteiger partial charge in [0.2, 0.25) is 0 Å². The van der Waals surface area contributed by atoms with Crippen molar-refractivity contribution in [2.75, 3.05) is 19.7 Å². The Bertz CT molecular complexity index is 1040. The zero-order valence-corrected chi connectivity index (χ0v) is 18.9. The van der Waals surface area contributed by atoms with Crippen molar-refractivity contribution < 1.29 is 40.2 Å². The minimum absolute atomic E-state index is 0.0690. The maximum atomic E-state index is 13.6. The van der Waals surface area contributed by atoms with E-state index in [1.807, 2.05) is 4.90 Å². The van der Waals surface area contributed by atoms with Gasteiger partial charge in [-0.2, -0.15) is 26.3 Å². The van der Waals surface area contributed by atoms with Crippen LogP contribution in [0.15, 0.2) is 47.5 Å². The van der Waals surface area contributed by atoms with Crippen LogP contribution in [0.2, 0.25) is 0 Å². The van der Waals surface area contributed by atoms with E-state index < -0.39 is 47.7 Å². The third-order valence-corrected chi connectivity index (χ3v) is 5.92. The number of halogens is 7. The number of hydrogen-bond donors (Lipinski definition) is 2. The van der Waals surface area contributed by atoms with Crippen LogP contribution in [0.4, 0.5) is 30.7 Å². The van der Waals surface area contributed by atoms with E-state index in [4.69, 9.17) is 9.47 Å². The Morgan fingerprint density at radius 1 is 1.06 bits per heavy atom. The fourth-order valence-electron chi connectivity index (χ4n) is 4.14. The van der Waals surface area contributed by atoms with Gasteiger partial charge in [-0.15, -0.1) is 0 Å². The minimum atomic E-state index is -4.98. The molecule has 0 saturated carbocycles. The second-order valence-electron chi connectivity index (χ2n) is 8.43. The standard InChI is InChI=1S/C23H23F7N4O2/c1-13(15-8-16(22(25,26)27)10-17(9-15)23(28,29)30)36-21-20(14-2-4-18(24)5-3-14)34(6-7-35-21)11-19-31-12-32-33-19/h2-5,8-10,12-13,19-21,33H,6-7,11H2,1H3,(H,31,32). The number of nitrogens with zero attached hydrogens (tertiary/aromatic N) is 2. The van der Waals surface area contributed by atoms with Crippen LogP contribution in [-0.2, 0) is 21.8 Å². The van der Waals surface area contributed by atoms with E-state index in [0.29, 0.717) is 30.8 Å². The van der Waals surface area contributed by atoms with E-state index in [1.54, 1.807) is 0 Å². The highest BCUT2D eigenvalue weighted by Gasteiger charge is 2.39. The molecule has 4 atom stereocenters. The summed E-state index contributed by atoms with van der Waals surface area (Å²) in [5, 5.41) is 0. The van der Waals surface area contributed by atoms with Crippen LogP contribution < -0.4 is 10.9 Å². The molecular formula is C23H23F7N4O2. The molecule has 196 valence electrons. The third kappa shape index (κ3) is 6.14. The molecule has 1 saturated heterocycles. The molecule has 0 amide bonds. The number of hydrogen-bond acceptors (Lipinski definition) is 6. The van der Waals surface area contributed by atoms with Crippen LogP contribution in [0.1, 0.15) is 41.3 Å². The average Bonchev–Trinajstić information content (AvgIpc) is 3.32. The van der Waals surface area contributed by atoms with Crippen molar-refractivity contribution in [3.05, 3.63) is 70.5 Å². The molecule has 0 bridgehead atoms. The summed E-state index contributed by atoms with van der Waals surface area (Å²) in [7, 11) is 0. The van der Waals surface area contributed by atoms with E-state index in [1.165, 1.54) is 37.5 Å². The highest BCUT2D eigenvalue weighted by Crippen LogP contribution is 2.39. The third-order valence-electron chi connectivity index (χ3n) is 5.92. The number of ether oxygens (including phenoxy) is 2. The number of alkyl halides is 6. The van der Waals surface area contributed by atoms with E-state index in [-0.39, 0.29) is 24.4 Å². The number of hydrazine groups is 1. The van der Waals surface area contributed by atoms with Crippen molar-refractivity contribution in [3.8, 4) is 0 Å². The van der Waals surface area contributed by atoms with Gasteiger partial charge in [-0.1, -0.05) is 12.1 Å². The Hall–Kier alpha value is -2.74. The summed E-state index contributed by atoms with van der Waals surface area (Å²) in [4.78, 5) is 6.18. The second kappa shape index (κ2) is 10.3. The smallest absolute Gasteiger partial charge is 0.349 e. The maximum absolute atomic E-state index is 13.6. The summed E-state index contributed by atoms with van der Waals surface area (Å²) >= 11 is 0. The Labute approximate surface area is 202 Å². The molecule has 2 aromatic carbocycles. The number of aliphatic imine (C=N–C) groups is 1. The molecule has 2 heterocycles. The summed E-state index contributed by atoms with van der Waals surface area (Å²) in [6.07, 6.45) is -11.0.